The second-order valence-electron chi connectivity index (χ2n) is 5.97. The molecule has 0 atom stereocenters. The average molecular weight is 284 g/mol. The maximum atomic E-state index is 11.5. The summed E-state index contributed by atoms with van der Waals surface area (Å²) in [4.78, 5) is 11.5. The summed E-state index contributed by atoms with van der Waals surface area (Å²) >= 11 is 0. The molecule has 0 radical (unpaired) electrons. The van der Waals surface area contributed by atoms with Gasteiger partial charge in [-0.2, -0.15) is 0 Å². The third-order valence-corrected chi connectivity index (χ3v) is 4.36. The zero-order valence-electron chi connectivity index (χ0n) is 12.2. The molecule has 1 aliphatic rings. The maximum Gasteiger partial charge on any atom is 0.339 e. The molecule has 1 aliphatic carbocycles. The first-order valence-electron chi connectivity index (χ1n) is 7.57. The molecular formula is C18H20O3. The maximum absolute atomic E-state index is 11.5. The van der Waals surface area contributed by atoms with Crippen LogP contribution in [0.4, 0.5) is 0 Å². The zero-order chi connectivity index (χ0) is 14.8. The molecule has 21 heavy (non-hydrogen) atoms. The first-order chi connectivity index (χ1) is 10.1. The molecule has 0 saturated heterocycles. The largest absolute Gasteiger partial charge is 0.489 e. The highest BCUT2D eigenvalue weighted by Crippen LogP contribution is 2.34. The van der Waals surface area contributed by atoms with Gasteiger partial charge >= 0.3 is 5.97 Å². The number of benzene rings is 2. The number of hydrogen-bond donors (Lipinski definition) is 1. The quantitative estimate of drug-likeness (QED) is 0.903. The Balaban J connectivity index is 1.98. The number of hydrogen-bond acceptors (Lipinski definition) is 2. The van der Waals surface area contributed by atoms with Gasteiger partial charge in [-0.15, -0.1) is 0 Å². The Morgan fingerprint density at radius 2 is 1.81 bits per heavy atom. The number of fused-ring (bicyclic) bond motifs is 1. The molecule has 110 valence electrons. The molecule has 2 aromatic carbocycles. The number of ether oxygens (including phenoxy) is 1. The summed E-state index contributed by atoms with van der Waals surface area (Å²) in [5.41, 5.74) is 0.257. The van der Waals surface area contributed by atoms with E-state index in [1.807, 2.05) is 30.3 Å². The van der Waals surface area contributed by atoms with Crippen molar-refractivity contribution in [2.75, 3.05) is 0 Å². The fourth-order valence-corrected chi connectivity index (χ4v) is 3.05. The summed E-state index contributed by atoms with van der Waals surface area (Å²) in [6, 6.07) is 11.3. The lowest BCUT2D eigenvalue weighted by atomic mass is 9.89. The predicted octanol–water partition coefficient (Wildman–Crippen LogP) is 4.50. The molecule has 0 heterocycles. The molecule has 0 bridgehead atoms. The Kier molecular flexibility index (Phi) is 3.82. The van der Waals surface area contributed by atoms with E-state index in [-0.39, 0.29) is 11.7 Å². The summed E-state index contributed by atoms with van der Waals surface area (Å²) in [5, 5.41) is 11.3. The van der Waals surface area contributed by atoms with Gasteiger partial charge in [0.05, 0.1) is 6.10 Å². The minimum Gasteiger partial charge on any atom is -0.489 e. The van der Waals surface area contributed by atoms with E-state index in [1.165, 1.54) is 0 Å². The highest BCUT2D eigenvalue weighted by Gasteiger charge is 2.23. The van der Waals surface area contributed by atoms with Gasteiger partial charge in [-0.05, 0) is 43.1 Å². The number of carboxylic acid groups (broad SMARTS) is 1. The van der Waals surface area contributed by atoms with E-state index >= 15 is 0 Å². The fraction of sp³-hybridized carbons (Fsp3) is 0.389. The van der Waals surface area contributed by atoms with Crippen LogP contribution in [0.5, 0.6) is 5.75 Å². The van der Waals surface area contributed by atoms with Crippen molar-refractivity contribution >= 4 is 16.7 Å². The van der Waals surface area contributed by atoms with E-state index in [4.69, 9.17) is 4.74 Å². The van der Waals surface area contributed by atoms with E-state index < -0.39 is 5.97 Å². The second kappa shape index (κ2) is 5.76. The zero-order valence-corrected chi connectivity index (χ0v) is 12.2. The molecule has 0 aliphatic heterocycles. The minimum atomic E-state index is -0.931. The molecule has 1 N–H and O–H groups in total. The van der Waals surface area contributed by atoms with Crippen molar-refractivity contribution in [1.82, 2.24) is 0 Å². The number of aromatic carboxylic acids is 1. The van der Waals surface area contributed by atoms with Crippen LogP contribution < -0.4 is 4.74 Å². The molecule has 1 saturated carbocycles. The fourth-order valence-electron chi connectivity index (χ4n) is 3.05. The number of carboxylic acids is 1. The van der Waals surface area contributed by atoms with Crippen molar-refractivity contribution in [2.24, 2.45) is 5.92 Å². The summed E-state index contributed by atoms with van der Waals surface area (Å²) in [5.74, 6) is 0.344. The summed E-state index contributed by atoms with van der Waals surface area (Å²) in [6.07, 6.45) is 4.44. The van der Waals surface area contributed by atoms with Gasteiger partial charge in [0, 0.05) is 5.39 Å². The molecule has 0 aromatic heterocycles. The van der Waals surface area contributed by atoms with Crippen LogP contribution in [0.1, 0.15) is 43.0 Å². The van der Waals surface area contributed by atoms with E-state index in [1.54, 1.807) is 6.07 Å². The summed E-state index contributed by atoms with van der Waals surface area (Å²) in [7, 11) is 0. The molecule has 1 fully saturated rings. The Hall–Kier alpha value is -2.03. The molecule has 3 nitrogen and oxygen atoms in total. The summed E-state index contributed by atoms with van der Waals surface area (Å²) < 4.78 is 6.13. The van der Waals surface area contributed by atoms with Gasteiger partial charge in [-0.25, -0.2) is 4.79 Å². The lowest BCUT2D eigenvalue weighted by Gasteiger charge is -2.28. The average Bonchev–Trinajstić information content (AvgIpc) is 2.49. The Morgan fingerprint density at radius 3 is 2.52 bits per heavy atom. The van der Waals surface area contributed by atoms with Gasteiger partial charge < -0.3 is 9.84 Å². The van der Waals surface area contributed by atoms with E-state index in [0.717, 1.165) is 42.4 Å². The Morgan fingerprint density at radius 1 is 1.10 bits per heavy atom. The molecule has 3 rings (SSSR count). The van der Waals surface area contributed by atoms with Crippen molar-refractivity contribution in [3.63, 3.8) is 0 Å². The standard InChI is InChI=1S/C18H20O3/c1-12-6-9-14(10-7-12)21-17-15-5-3-2-4-13(15)8-11-16(17)18(19)20/h2-5,8,11-12,14H,6-7,9-10H2,1H3,(H,19,20). The molecule has 0 unspecified atom stereocenters. The van der Waals surface area contributed by atoms with Gasteiger partial charge in [0.1, 0.15) is 11.3 Å². The van der Waals surface area contributed by atoms with Crippen molar-refractivity contribution in [3.05, 3.63) is 42.0 Å². The monoisotopic (exact) mass is 284 g/mol. The van der Waals surface area contributed by atoms with Crippen LogP contribution in [-0.2, 0) is 0 Å². The van der Waals surface area contributed by atoms with Crippen LogP contribution >= 0.6 is 0 Å². The van der Waals surface area contributed by atoms with Crippen LogP contribution in [-0.4, -0.2) is 17.2 Å². The normalized spacial score (nSPS) is 22.1. The van der Waals surface area contributed by atoms with Crippen LogP contribution in [0.15, 0.2) is 36.4 Å². The molecule has 2 aromatic rings. The van der Waals surface area contributed by atoms with E-state index in [9.17, 15) is 9.90 Å². The third kappa shape index (κ3) is 2.87. The van der Waals surface area contributed by atoms with Crippen LogP contribution in [0.3, 0.4) is 0 Å². The Bertz CT molecular complexity index is 655. The molecule has 0 amide bonds. The lowest BCUT2D eigenvalue weighted by molar-refractivity contribution is 0.0685. The third-order valence-electron chi connectivity index (χ3n) is 4.36. The van der Waals surface area contributed by atoms with Crippen LogP contribution in [0, 0.1) is 5.92 Å². The SMILES string of the molecule is CC1CCC(Oc2c(C(=O)O)ccc3ccccc23)CC1. The minimum absolute atomic E-state index is 0.130. The number of carbonyl (C=O) groups is 1. The van der Waals surface area contributed by atoms with Crippen LogP contribution in [0.2, 0.25) is 0 Å². The van der Waals surface area contributed by atoms with Gasteiger partial charge in [0.2, 0.25) is 0 Å². The van der Waals surface area contributed by atoms with Crippen molar-refractivity contribution < 1.29 is 14.6 Å². The topological polar surface area (TPSA) is 46.5 Å². The van der Waals surface area contributed by atoms with Crippen molar-refractivity contribution in [2.45, 2.75) is 38.7 Å². The predicted molar refractivity (Wildman–Crippen MR) is 83.0 cm³/mol. The lowest BCUT2D eigenvalue weighted by Crippen LogP contribution is -2.24. The van der Waals surface area contributed by atoms with Gasteiger partial charge in [-0.1, -0.05) is 37.3 Å². The second-order valence-corrected chi connectivity index (χ2v) is 5.97. The number of rotatable bonds is 3. The van der Waals surface area contributed by atoms with E-state index in [0.29, 0.717) is 5.75 Å². The first-order valence-corrected chi connectivity index (χ1v) is 7.57. The Labute approximate surface area is 124 Å². The van der Waals surface area contributed by atoms with Gasteiger partial charge in [0.25, 0.3) is 0 Å². The smallest absolute Gasteiger partial charge is 0.339 e. The highest BCUT2D eigenvalue weighted by atomic mass is 16.5. The molecular weight excluding hydrogens is 264 g/mol. The highest BCUT2D eigenvalue weighted by molar-refractivity contribution is 6.00. The van der Waals surface area contributed by atoms with Crippen molar-refractivity contribution in [1.29, 1.82) is 0 Å². The van der Waals surface area contributed by atoms with Crippen LogP contribution in [0.25, 0.3) is 10.8 Å². The van der Waals surface area contributed by atoms with E-state index in [2.05, 4.69) is 6.92 Å². The summed E-state index contributed by atoms with van der Waals surface area (Å²) in [6.45, 7) is 2.26. The molecule has 0 spiro atoms. The van der Waals surface area contributed by atoms with Gasteiger partial charge in [0.15, 0.2) is 0 Å². The van der Waals surface area contributed by atoms with Gasteiger partial charge in [-0.3, -0.25) is 0 Å². The molecule has 3 heteroatoms. The first kappa shape index (κ1) is 13.9. The van der Waals surface area contributed by atoms with Crippen molar-refractivity contribution in [3.8, 4) is 5.75 Å².